The van der Waals surface area contributed by atoms with Crippen molar-refractivity contribution in [3.63, 3.8) is 0 Å². The Balaban J connectivity index is 1.17. The van der Waals surface area contributed by atoms with Gasteiger partial charge in [-0.2, -0.15) is 0 Å². The van der Waals surface area contributed by atoms with Crippen molar-refractivity contribution in [3.8, 4) is 11.4 Å². The van der Waals surface area contributed by atoms with E-state index in [0.29, 0.717) is 46.3 Å². The lowest BCUT2D eigenvalue weighted by Gasteiger charge is -2.31. The molecule has 3 heterocycles. The van der Waals surface area contributed by atoms with Crippen molar-refractivity contribution >= 4 is 50.5 Å². The van der Waals surface area contributed by atoms with Crippen LogP contribution < -0.4 is 42.6 Å². The fourth-order valence-electron chi connectivity index (χ4n) is 5.40. The maximum Gasteiger partial charge on any atom is 0.298 e. The average Bonchev–Trinajstić information content (AvgIpc) is 3.50. The number of aromatic nitrogens is 2. The van der Waals surface area contributed by atoms with Crippen LogP contribution >= 0.6 is 11.3 Å². The summed E-state index contributed by atoms with van der Waals surface area (Å²) in [5.74, 6) is 0.300. The number of nitrogen functional groups attached to an aromatic ring is 1. The summed E-state index contributed by atoms with van der Waals surface area (Å²) >= 11 is 1.19. The lowest BCUT2D eigenvalue weighted by Crippen LogP contribution is -2.29. The van der Waals surface area contributed by atoms with Gasteiger partial charge in [-0.25, -0.2) is 4.98 Å². The van der Waals surface area contributed by atoms with Crippen LogP contribution in [0.25, 0.3) is 16.0 Å². The zero-order chi connectivity index (χ0) is 31.9. The Kier molecular flexibility index (Phi) is 9.89. The van der Waals surface area contributed by atoms with Crippen molar-refractivity contribution in [3.05, 3.63) is 99.7 Å². The molecule has 6 rings (SSSR count). The van der Waals surface area contributed by atoms with Gasteiger partial charge < -0.3 is 37.1 Å². The summed E-state index contributed by atoms with van der Waals surface area (Å²) in [5, 5.41) is 9.78. The Hall–Kier alpha value is -4.75. The molecule has 0 fully saturated rings. The summed E-state index contributed by atoms with van der Waals surface area (Å²) in [6.07, 6.45) is 2.03. The predicted molar refractivity (Wildman–Crippen MR) is 186 cm³/mol. The van der Waals surface area contributed by atoms with Crippen LogP contribution in [-0.2, 0) is 6.54 Å². The maximum atomic E-state index is 13.4. The molecule has 1 amide bonds. The van der Waals surface area contributed by atoms with Crippen LogP contribution in [0.4, 0.5) is 22.9 Å². The van der Waals surface area contributed by atoms with Gasteiger partial charge in [-0.05, 0) is 93.1 Å². The molecule has 1 aliphatic rings. The molecule has 5 aromatic rings. The van der Waals surface area contributed by atoms with Crippen molar-refractivity contribution in [2.75, 3.05) is 55.3 Å². The SMILES string of the molecule is NCCCNCCCNCc1ccc(NC(=O)c2cc3c(nc(N)c(=O)n3-c3ccc4c(c3)N(c3ccccc3)CCO4)s2)cc1. The summed E-state index contributed by atoms with van der Waals surface area (Å²) in [4.78, 5) is 34.1. The number of rotatable bonds is 13. The van der Waals surface area contributed by atoms with Crippen molar-refractivity contribution in [2.45, 2.75) is 19.4 Å². The Morgan fingerprint density at radius 2 is 1.72 bits per heavy atom. The molecule has 12 heteroatoms. The number of ether oxygens (including phenoxy) is 1. The Labute approximate surface area is 271 Å². The smallest absolute Gasteiger partial charge is 0.298 e. The number of thiophene rings is 1. The molecule has 3 aromatic carbocycles. The normalized spacial score (nSPS) is 12.6. The number of nitrogens with one attached hydrogen (secondary N) is 3. The zero-order valence-corrected chi connectivity index (χ0v) is 26.3. The monoisotopic (exact) mass is 638 g/mol. The number of para-hydroxylation sites is 1. The first-order valence-electron chi connectivity index (χ1n) is 15.5. The molecule has 0 atom stereocenters. The molecule has 0 spiro atoms. The summed E-state index contributed by atoms with van der Waals surface area (Å²) in [7, 11) is 0. The first kappa shape index (κ1) is 31.2. The van der Waals surface area contributed by atoms with Crippen molar-refractivity contribution < 1.29 is 9.53 Å². The van der Waals surface area contributed by atoms with Crippen LogP contribution in [0.2, 0.25) is 0 Å². The minimum absolute atomic E-state index is 0.137. The fourth-order valence-corrected chi connectivity index (χ4v) is 6.33. The van der Waals surface area contributed by atoms with Gasteiger partial charge in [-0.3, -0.25) is 14.2 Å². The van der Waals surface area contributed by atoms with Crippen LogP contribution in [0, 0.1) is 0 Å². The van der Waals surface area contributed by atoms with E-state index in [4.69, 9.17) is 16.2 Å². The number of carbonyl (C=O) groups is 1. The lowest BCUT2D eigenvalue weighted by molar-refractivity contribution is 0.103. The molecular formula is C34H38N8O3S. The number of carbonyl (C=O) groups excluding carboxylic acids is 1. The van der Waals surface area contributed by atoms with Gasteiger partial charge in [0.25, 0.3) is 11.5 Å². The summed E-state index contributed by atoms with van der Waals surface area (Å²) in [6, 6.07) is 25.1. The molecule has 0 saturated carbocycles. The highest BCUT2D eigenvalue weighted by atomic mass is 32.1. The first-order chi connectivity index (χ1) is 22.5. The molecule has 0 unspecified atom stereocenters. The van der Waals surface area contributed by atoms with E-state index in [1.165, 1.54) is 15.9 Å². The summed E-state index contributed by atoms with van der Waals surface area (Å²) in [5.41, 5.74) is 15.9. The van der Waals surface area contributed by atoms with E-state index in [-0.39, 0.29) is 11.7 Å². The van der Waals surface area contributed by atoms with Gasteiger partial charge in [-0.15, -0.1) is 11.3 Å². The molecule has 2 aromatic heterocycles. The highest BCUT2D eigenvalue weighted by Crippen LogP contribution is 2.38. The van der Waals surface area contributed by atoms with E-state index >= 15 is 0 Å². The number of benzene rings is 3. The molecule has 0 aliphatic carbocycles. The topological polar surface area (TPSA) is 153 Å². The number of amides is 1. The molecule has 0 bridgehead atoms. The van der Waals surface area contributed by atoms with Gasteiger partial charge in [-0.1, -0.05) is 30.3 Å². The van der Waals surface area contributed by atoms with Gasteiger partial charge in [0.05, 0.1) is 28.3 Å². The van der Waals surface area contributed by atoms with E-state index in [2.05, 4.69) is 25.8 Å². The minimum Gasteiger partial charge on any atom is -0.490 e. The second-order valence-corrected chi connectivity index (χ2v) is 12.0. The Bertz CT molecular complexity index is 1860. The number of anilines is 4. The Morgan fingerprint density at radius 3 is 2.52 bits per heavy atom. The van der Waals surface area contributed by atoms with E-state index in [1.807, 2.05) is 72.8 Å². The van der Waals surface area contributed by atoms with E-state index in [1.54, 1.807) is 6.07 Å². The van der Waals surface area contributed by atoms with Crippen LogP contribution in [-0.4, -0.2) is 54.8 Å². The molecule has 0 radical (unpaired) electrons. The molecule has 0 saturated heterocycles. The standard InChI is InChI=1S/C34H38N8O3S/c35-14-4-15-37-16-5-17-38-22-23-8-10-24(11-9-23)39-32(43)30-21-28-33(46-30)40-31(36)34(44)42(28)26-12-13-29-27(20-26)41(18-19-45-29)25-6-2-1-3-7-25/h1-3,6-13,20-21,37-38H,4-5,14-19,22,35H2,(H2,36,40)(H,39,43). The summed E-state index contributed by atoms with van der Waals surface area (Å²) in [6.45, 7) is 5.49. The number of hydrogen-bond donors (Lipinski definition) is 5. The van der Waals surface area contributed by atoms with Gasteiger partial charge in [0.15, 0.2) is 5.82 Å². The van der Waals surface area contributed by atoms with Crippen molar-refractivity contribution in [1.29, 1.82) is 0 Å². The molecule has 238 valence electrons. The first-order valence-corrected chi connectivity index (χ1v) is 16.3. The third kappa shape index (κ3) is 7.05. The molecule has 46 heavy (non-hydrogen) atoms. The highest BCUT2D eigenvalue weighted by Gasteiger charge is 2.23. The molecule has 11 nitrogen and oxygen atoms in total. The zero-order valence-electron chi connectivity index (χ0n) is 25.5. The van der Waals surface area contributed by atoms with E-state index < -0.39 is 5.56 Å². The summed E-state index contributed by atoms with van der Waals surface area (Å²) < 4.78 is 7.44. The quantitative estimate of drug-likeness (QED) is 0.119. The fraction of sp³-hybridized carbons (Fsp3) is 0.265. The molecule has 7 N–H and O–H groups in total. The second kappa shape index (κ2) is 14.6. The van der Waals surface area contributed by atoms with E-state index in [9.17, 15) is 9.59 Å². The number of hydrogen-bond acceptors (Lipinski definition) is 10. The van der Waals surface area contributed by atoms with Crippen LogP contribution in [0.3, 0.4) is 0 Å². The van der Waals surface area contributed by atoms with E-state index in [0.717, 1.165) is 61.7 Å². The number of nitrogens with two attached hydrogens (primary N) is 2. The van der Waals surface area contributed by atoms with Crippen molar-refractivity contribution in [1.82, 2.24) is 20.2 Å². The van der Waals surface area contributed by atoms with Gasteiger partial charge >= 0.3 is 0 Å². The predicted octanol–water partition coefficient (Wildman–Crippen LogP) is 4.23. The average molecular weight is 639 g/mol. The largest absolute Gasteiger partial charge is 0.490 e. The Morgan fingerprint density at radius 1 is 0.935 bits per heavy atom. The van der Waals surface area contributed by atoms with Crippen LogP contribution in [0.5, 0.6) is 5.75 Å². The molecule has 1 aliphatic heterocycles. The molecular weight excluding hydrogens is 600 g/mol. The van der Waals surface area contributed by atoms with Crippen LogP contribution in [0.1, 0.15) is 28.1 Å². The minimum atomic E-state index is -0.452. The third-order valence-corrected chi connectivity index (χ3v) is 8.76. The van der Waals surface area contributed by atoms with Crippen LogP contribution in [0.15, 0.2) is 83.7 Å². The van der Waals surface area contributed by atoms with Crippen molar-refractivity contribution in [2.24, 2.45) is 5.73 Å². The lowest BCUT2D eigenvalue weighted by atomic mass is 10.1. The van der Waals surface area contributed by atoms with Gasteiger partial charge in [0.1, 0.15) is 17.2 Å². The number of fused-ring (bicyclic) bond motifs is 2. The van der Waals surface area contributed by atoms with Gasteiger partial charge in [0.2, 0.25) is 0 Å². The van der Waals surface area contributed by atoms with Gasteiger partial charge in [0, 0.05) is 17.9 Å². The maximum absolute atomic E-state index is 13.4. The third-order valence-electron chi connectivity index (χ3n) is 7.74. The highest BCUT2D eigenvalue weighted by molar-refractivity contribution is 7.20. The second-order valence-electron chi connectivity index (χ2n) is 11.0. The number of nitrogens with zero attached hydrogens (tertiary/aromatic N) is 3.